The van der Waals surface area contributed by atoms with Crippen LogP contribution in [-0.2, 0) is 10.0 Å². The van der Waals surface area contributed by atoms with E-state index in [-0.39, 0.29) is 0 Å². The average Bonchev–Trinajstić information content (AvgIpc) is 2.20. The van der Waals surface area contributed by atoms with E-state index in [0.717, 1.165) is 4.47 Å². The van der Waals surface area contributed by atoms with Crippen molar-refractivity contribution >= 4 is 31.6 Å². The molecule has 0 saturated heterocycles. The zero-order chi connectivity index (χ0) is 12.2. The second-order valence-corrected chi connectivity index (χ2v) is 5.45. The van der Waals surface area contributed by atoms with Crippen molar-refractivity contribution in [2.24, 2.45) is 0 Å². The van der Waals surface area contributed by atoms with Gasteiger partial charge in [-0.1, -0.05) is 0 Å². The molecule has 0 fully saturated rings. The van der Waals surface area contributed by atoms with E-state index in [0.29, 0.717) is 11.4 Å². The zero-order valence-electron chi connectivity index (χ0n) is 8.40. The molecule has 0 bridgehead atoms. The smallest absolute Gasteiger partial charge is 0.246 e. The Labute approximate surface area is 102 Å². The third kappa shape index (κ3) is 3.40. The van der Waals surface area contributed by atoms with Crippen LogP contribution in [0.2, 0.25) is 0 Å². The van der Waals surface area contributed by atoms with E-state index < -0.39 is 15.8 Å². The quantitative estimate of drug-likeness (QED) is 0.918. The highest BCUT2D eigenvalue weighted by molar-refractivity contribution is 9.10. The largest absolute Gasteiger partial charge is 0.495 e. The molecule has 0 radical (unpaired) electrons. The van der Waals surface area contributed by atoms with Crippen LogP contribution in [0.4, 0.5) is 5.69 Å². The first-order valence-corrected chi connectivity index (χ1v) is 6.64. The molecule has 16 heavy (non-hydrogen) atoms. The van der Waals surface area contributed by atoms with Crippen LogP contribution >= 0.6 is 15.9 Å². The van der Waals surface area contributed by atoms with E-state index in [1.807, 2.05) is 0 Å². The Hall–Kier alpha value is -1.26. The van der Waals surface area contributed by atoms with Crippen molar-refractivity contribution in [2.75, 3.05) is 17.6 Å². The van der Waals surface area contributed by atoms with Crippen LogP contribution in [0.15, 0.2) is 22.7 Å². The van der Waals surface area contributed by atoms with Gasteiger partial charge in [-0.25, -0.2) is 8.42 Å². The van der Waals surface area contributed by atoms with Crippen molar-refractivity contribution < 1.29 is 13.2 Å². The van der Waals surface area contributed by atoms with Crippen LogP contribution in [0.5, 0.6) is 5.75 Å². The molecular formula is C9H9BrN2O3S. The topological polar surface area (TPSA) is 79.2 Å². The highest BCUT2D eigenvalue weighted by Gasteiger charge is 2.10. The van der Waals surface area contributed by atoms with Gasteiger partial charge in [0.1, 0.15) is 5.75 Å². The molecule has 0 heterocycles. The van der Waals surface area contributed by atoms with Gasteiger partial charge in [0.2, 0.25) is 10.0 Å². The number of hydrogen-bond donors (Lipinski definition) is 1. The fraction of sp³-hybridized carbons (Fsp3) is 0.222. The van der Waals surface area contributed by atoms with Crippen LogP contribution in [0.25, 0.3) is 0 Å². The summed E-state index contributed by atoms with van der Waals surface area (Å²) in [5.41, 5.74) is 0.357. The fourth-order valence-corrected chi connectivity index (χ4v) is 2.16. The van der Waals surface area contributed by atoms with Gasteiger partial charge in [-0.3, -0.25) is 4.72 Å². The van der Waals surface area contributed by atoms with Gasteiger partial charge in [0.25, 0.3) is 0 Å². The van der Waals surface area contributed by atoms with Crippen LogP contribution in [0.3, 0.4) is 0 Å². The second kappa shape index (κ2) is 5.18. The molecule has 0 spiro atoms. The molecule has 1 aromatic rings. The fourth-order valence-electron chi connectivity index (χ4n) is 1.02. The van der Waals surface area contributed by atoms with Crippen molar-refractivity contribution in [2.45, 2.75) is 0 Å². The minimum atomic E-state index is -3.60. The second-order valence-electron chi connectivity index (χ2n) is 2.87. The number of ether oxygens (including phenoxy) is 1. The van der Waals surface area contributed by atoms with Crippen molar-refractivity contribution in [3.63, 3.8) is 0 Å². The van der Waals surface area contributed by atoms with Crippen LogP contribution in [-0.4, -0.2) is 21.3 Å². The first kappa shape index (κ1) is 12.8. The lowest BCUT2D eigenvalue weighted by Gasteiger charge is -2.08. The third-order valence-corrected chi connectivity index (χ3v) is 3.39. The van der Waals surface area contributed by atoms with Gasteiger partial charge in [0.15, 0.2) is 5.75 Å². The van der Waals surface area contributed by atoms with Gasteiger partial charge in [-0.05, 0) is 28.1 Å². The number of nitriles is 1. The minimum absolute atomic E-state index is 0.357. The lowest BCUT2D eigenvalue weighted by atomic mass is 10.3. The maximum atomic E-state index is 11.3. The van der Waals surface area contributed by atoms with Gasteiger partial charge < -0.3 is 4.74 Å². The number of nitrogens with one attached hydrogen (secondary N) is 1. The maximum absolute atomic E-state index is 11.3. The summed E-state index contributed by atoms with van der Waals surface area (Å²) in [6, 6.07) is 6.33. The van der Waals surface area contributed by atoms with E-state index in [2.05, 4.69) is 20.7 Å². The molecule has 0 unspecified atom stereocenters. The van der Waals surface area contributed by atoms with Gasteiger partial charge >= 0.3 is 0 Å². The SMILES string of the molecule is COc1cc(NS(=O)(=O)CC#N)ccc1Br. The molecule has 0 aliphatic carbocycles. The van der Waals surface area contributed by atoms with E-state index in [4.69, 9.17) is 10.00 Å². The maximum Gasteiger partial charge on any atom is 0.246 e. The first-order chi connectivity index (χ1) is 7.48. The van der Waals surface area contributed by atoms with Crippen LogP contribution < -0.4 is 9.46 Å². The van der Waals surface area contributed by atoms with Gasteiger partial charge in [-0.15, -0.1) is 0 Å². The molecule has 7 heteroatoms. The van der Waals surface area contributed by atoms with Crippen LogP contribution in [0, 0.1) is 11.3 Å². The first-order valence-electron chi connectivity index (χ1n) is 4.19. The predicted octanol–water partition coefficient (Wildman–Crippen LogP) is 1.72. The molecule has 0 amide bonds. The van der Waals surface area contributed by atoms with Crippen molar-refractivity contribution in [1.82, 2.24) is 0 Å². The highest BCUT2D eigenvalue weighted by atomic mass is 79.9. The monoisotopic (exact) mass is 304 g/mol. The van der Waals surface area contributed by atoms with E-state index in [1.165, 1.54) is 13.2 Å². The normalized spacial score (nSPS) is 10.6. The molecule has 0 aromatic heterocycles. The summed E-state index contributed by atoms with van der Waals surface area (Å²) in [6.45, 7) is 0. The number of hydrogen-bond acceptors (Lipinski definition) is 4. The molecule has 86 valence electrons. The Morgan fingerprint density at radius 3 is 2.81 bits per heavy atom. The number of rotatable bonds is 4. The Bertz CT molecular complexity index is 522. The zero-order valence-corrected chi connectivity index (χ0v) is 10.8. The lowest BCUT2D eigenvalue weighted by Crippen LogP contribution is -2.15. The van der Waals surface area contributed by atoms with Crippen molar-refractivity contribution in [3.05, 3.63) is 22.7 Å². The highest BCUT2D eigenvalue weighted by Crippen LogP contribution is 2.28. The summed E-state index contributed by atoms with van der Waals surface area (Å²) in [7, 11) is -2.12. The molecule has 0 saturated carbocycles. The summed E-state index contributed by atoms with van der Waals surface area (Å²) in [5, 5.41) is 8.32. The number of anilines is 1. The number of halogens is 1. The molecule has 1 N–H and O–H groups in total. The standard InChI is InChI=1S/C9H9BrN2O3S/c1-15-9-6-7(2-3-8(9)10)12-16(13,14)5-4-11/h2-3,6,12H,5H2,1H3. The van der Waals surface area contributed by atoms with Crippen LogP contribution in [0.1, 0.15) is 0 Å². The van der Waals surface area contributed by atoms with E-state index >= 15 is 0 Å². The Morgan fingerprint density at radius 2 is 2.25 bits per heavy atom. The lowest BCUT2D eigenvalue weighted by molar-refractivity contribution is 0.412. The van der Waals surface area contributed by atoms with E-state index in [1.54, 1.807) is 18.2 Å². The molecular weight excluding hydrogens is 296 g/mol. The van der Waals surface area contributed by atoms with Gasteiger partial charge in [0.05, 0.1) is 23.3 Å². The number of benzene rings is 1. The summed E-state index contributed by atoms with van der Waals surface area (Å²) in [6.07, 6.45) is 0. The molecule has 0 aliphatic rings. The number of nitrogens with zero attached hydrogens (tertiary/aromatic N) is 1. The molecule has 0 atom stereocenters. The molecule has 0 aliphatic heterocycles. The summed E-state index contributed by atoms with van der Waals surface area (Å²) >= 11 is 3.25. The van der Waals surface area contributed by atoms with E-state index in [9.17, 15) is 8.42 Å². The van der Waals surface area contributed by atoms with Crippen molar-refractivity contribution in [3.8, 4) is 11.8 Å². The summed E-state index contributed by atoms with van der Waals surface area (Å²) in [4.78, 5) is 0. The predicted molar refractivity (Wildman–Crippen MR) is 63.7 cm³/mol. The summed E-state index contributed by atoms with van der Waals surface area (Å²) in [5.74, 6) is -0.0667. The van der Waals surface area contributed by atoms with Gasteiger partial charge in [0, 0.05) is 6.07 Å². The molecule has 1 rings (SSSR count). The van der Waals surface area contributed by atoms with Crippen molar-refractivity contribution in [1.29, 1.82) is 5.26 Å². The molecule has 5 nitrogen and oxygen atoms in total. The Kier molecular flexibility index (Phi) is 4.15. The Morgan fingerprint density at radius 1 is 1.56 bits per heavy atom. The number of sulfonamides is 1. The Balaban J connectivity index is 2.96. The third-order valence-electron chi connectivity index (χ3n) is 1.68. The average molecular weight is 305 g/mol. The number of methoxy groups -OCH3 is 1. The summed E-state index contributed by atoms with van der Waals surface area (Å²) < 4.78 is 30.6. The molecule has 1 aromatic carbocycles. The minimum Gasteiger partial charge on any atom is -0.495 e. The van der Waals surface area contributed by atoms with Gasteiger partial charge in [-0.2, -0.15) is 5.26 Å².